The van der Waals surface area contributed by atoms with Crippen molar-refractivity contribution in [3.05, 3.63) is 30.3 Å². The average Bonchev–Trinajstić information content (AvgIpc) is 2.21. The number of benzene rings is 1. The van der Waals surface area contributed by atoms with E-state index in [4.69, 9.17) is 0 Å². The molecule has 0 aromatic heterocycles. The van der Waals surface area contributed by atoms with Crippen LogP contribution in [0.15, 0.2) is 35.3 Å². The Labute approximate surface area is 79.5 Å². The molecule has 0 aliphatic carbocycles. The molecule has 1 unspecified atom stereocenters. The smallest absolute Gasteiger partial charge is 0.107 e. The Morgan fingerprint density at radius 2 is 2.08 bits per heavy atom. The van der Waals surface area contributed by atoms with Gasteiger partial charge in [0.15, 0.2) is 0 Å². The summed E-state index contributed by atoms with van der Waals surface area (Å²) in [5.74, 6) is 1.09. The van der Waals surface area contributed by atoms with E-state index >= 15 is 0 Å². The van der Waals surface area contributed by atoms with Crippen LogP contribution in [0.3, 0.4) is 0 Å². The van der Waals surface area contributed by atoms with Crippen LogP contribution in [0.5, 0.6) is 0 Å². The lowest BCUT2D eigenvalue weighted by Crippen LogP contribution is -2.28. The van der Waals surface area contributed by atoms with E-state index in [1.54, 1.807) is 0 Å². The molecule has 1 aliphatic heterocycles. The van der Waals surface area contributed by atoms with Gasteiger partial charge in [0.25, 0.3) is 0 Å². The van der Waals surface area contributed by atoms with E-state index in [0.29, 0.717) is 8.88 Å². The van der Waals surface area contributed by atoms with Gasteiger partial charge >= 0.3 is 0 Å². The van der Waals surface area contributed by atoms with Crippen molar-refractivity contribution in [2.24, 2.45) is 4.99 Å². The van der Waals surface area contributed by atoms with Crippen molar-refractivity contribution in [1.29, 1.82) is 0 Å². The molecule has 4 heteroatoms. The minimum Gasteiger partial charge on any atom is -0.343 e. The van der Waals surface area contributed by atoms with E-state index in [1.165, 1.54) is 0 Å². The molecule has 0 amide bonds. The molecule has 0 radical (unpaired) electrons. The summed E-state index contributed by atoms with van der Waals surface area (Å²) in [7, 11) is 0.603. The standard InChI is InChI=1S/C9H12N3P/c1-2-4-8(5-3-1)11-9-6-7-10-13-12-9/h1-5,10,13H,6-7H2,(H,11,12). The van der Waals surface area contributed by atoms with Crippen LogP contribution < -0.4 is 10.2 Å². The Balaban J connectivity index is 2.10. The van der Waals surface area contributed by atoms with Crippen molar-refractivity contribution in [1.82, 2.24) is 10.2 Å². The number of rotatable bonds is 1. The zero-order chi connectivity index (χ0) is 8.93. The maximum Gasteiger partial charge on any atom is 0.107 e. The van der Waals surface area contributed by atoms with Crippen molar-refractivity contribution in [2.45, 2.75) is 6.42 Å². The van der Waals surface area contributed by atoms with Crippen molar-refractivity contribution < 1.29 is 0 Å². The lowest BCUT2D eigenvalue weighted by Gasteiger charge is -2.16. The zero-order valence-electron chi connectivity index (χ0n) is 7.25. The number of nitrogens with one attached hydrogen (secondary N) is 2. The minimum atomic E-state index is 0.603. The van der Waals surface area contributed by atoms with Gasteiger partial charge in [0.2, 0.25) is 0 Å². The minimum absolute atomic E-state index is 0.603. The van der Waals surface area contributed by atoms with Gasteiger partial charge in [0.1, 0.15) is 5.84 Å². The van der Waals surface area contributed by atoms with Gasteiger partial charge in [-0.05, 0) is 12.1 Å². The third kappa shape index (κ3) is 2.51. The lowest BCUT2D eigenvalue weighted by atomic mass is 10.3. The molecule has 1 atom stereocenters. The van der Waals surface area contributed by atoms with Crippen LogP contribution in [0.1, 0.15) is 6.42 Å². The van der Waals surface area contributed by atoms with Gasteiger partial charge in [-0.15, -0.1) is 0 Å². The van der Waals surface area contributed by atoms with Crippen molar-refractivity contribution in [3.8, 4) is 0 Å². The molecule has 68 valence electrons. The van der Waals surface area contributed by atoms with E-state index in [0.717, 1.165) is 24.5 Å². The zero-order valence-corrected chi connectivity index (χ0v) is 8.25. The second-order valence-electron chi connectivity index (χ2n) is 2.82. The van der Waals surface area contributed by atoms with Crippen molar-refractivity contribution in [3.63, 3.8) is 0 Å². The number of nitrogens with zero attached hydrogens (tertiary/aromatic N) is 1. The highest BCUT2D eigenvalue weighted by Gasteiger charge is 2.03. The first-order valence-electron chi connectivity index (χ1n) is 4.32. The predicted octanol–water partition coefficient (Wildman–Crippen LogP) is 1.81. The quantitative estimate of drug-likeness (QED) is 0.667. The first-order valence-corrected chi connectivity index (χ1v) is 5.32. The van der Waals surface area contributed by atoms with Crippen LogP contribution in [0.2, 0.25) is 0 Å². The monoisotopic (exact) mass is 193 g/mol. The average molecular weight is 193 g/mol. The maximum absolute atomic E-state index is 4.49. The Bertz CT molecular complexity index is 289. The highest BCUT2D eigenvalue weighted by atomic mass is 31.1. The van der Waals surface area contributed by atoms with Gasteiger partial charge < -0.3 is 5.09 Å². The molecule has 1 saturated heterocycles. The number of aliphatic imine (C=N–C) groups is 1. The van der Waals surface area contributed by atoms with Crippen LogP contribution in [0.25, 0.3) is 0 Å². The highest BCUT2D eigenvalue weighted by Crippen LogP contribution is 2.13. The van der Waals surface area contributed by atoms with E-state index in [2.05, 4.69) is 15.2 Å². The SMILES string of the molecule is c1ccc(N=C2CCNPN2)cc1. The normalized spacial score (nSPS) is 21.7. The molecule has 0 bridgehead atoms. The summed E-state index contributed by atoms with van der Waals surface area (Å²) in [5, 5.41) is 6.47. The molecule has 13 heavy (non-hydrogen) atoms. The van der Waals surface area contributed by atoms with Crippen LogP contribution in [-0.2, 0) is 0 Å². The summed E-state index contributed by atoms with van der Waals surface area (Å²) in [6.07, 6.45) is 0.988. The molecule has 1 aliphatic rings. The maximum atomic E-state index is 4.49. The largest absolute Gasteiger partial charge is 0.343 e. The molecule has 3 nitrogen and oxygen atoms in total. The van der Waals surface area contributed by atoms with Gasteiger partial charge in [0.05, 0.1) is 5.69 Å². The summed E-state index contributed by atoms with van der Waals surface area (Å²) in [4.78, 5) is 4.49. The van der Waals surface area contributed by atoms with Gasteiger partial charge in [-0.2, -0.15) is 0 Å². The molecule has 0 spiro atoms. The number of amidine groups is 1. The van der Waals surface area contributed by atoms with Gasteiger partial charge in [0, 0.05) is 21.8 Å². The Kier molecular flexibility index (Phi) is 2.90. The highest BCUT2D eigenvalue weighted by molar-refractivity contribution is 7.34. The molecule has 1 aromatic rings. The second-order valence-corrected chi connectivity index (χ2v) is 3.67. The molecule has 1 fully saturated rings. The fraction of sp³-hybridized carbons (Fsp3) is 0.222. The molecular formula is C9H12N3P. The summed E-state index contributed by atoms with van der Waals surface area (Å²) in [6, 6.07) is 10.0. The first-order chi connectivity index (χ1) is 6.45. The summed E-state index contributed by atoms with van der Waals surface area (Å²) in [5.41, 5.74) is 1.02. The Morgan fingerprint density at radius 3 is 2.77 bits per heavy atom. The molecule has 1 heterocycles. The van der Waals surface area contributed by atoms with E-state index in [-0.39, 0.29) is 0 Å². The number of hydrogen-bond acceptors (Lipinski definition) is 2. The predicted molar refractivity (Wildman–Crippen MR) is 57.6 cm³/mol. The molecule has 1 aromatic carbocycles. The summed E-state index contributed by atoms with van der Waals surface area (Å²) in [6.45, 7) is 1.02. The lowest BCUT2D eigenvalue weighted by molar-refractivity contribution is 0.911. The van der Waals surface area contributed by atoms with Crippen molar-refractivity contribution in [2.75, 3.05) is 6.54 Å². The first kappa shape index (κ1) is 8.67. The van der Waals surface area contributed by atoms with E-state index in [1.807, 2.05) is 30.3 Å². The summed E-state index contributed by atoms with van der Waals surface area (Å²) < 4.78 is 0. The van der Waals surface area contributed by atoms with Gasteiger partial charge in [-0.25, -0.2) is 4.99 Å². The fourth-order valence-corrected chi connectivity index (χ4v) is 1.83. The van der Waals surface area contributed by atoms with Crippen molar-refractivity contribution >= 4 is 20.4 Å². The number of hydrogen-bond donors (Lipinski definition) is 2. The third-order valence-electron chi connectivity index (χ3n) is 1.80. The van der Waals surface area contributed by atoms with E-state index < -0.39 is 0 Å². The Morgan fingerprint density at radius 1 is 1.23 bits per heavy atom. The molecule has 2 rings (SSSR count). The number of para-hydroxylation sites is 1. The molecule has 0 saturated carbocycles. The summed E-state index contributed by atoms with van der Waals surface area (Å²) >= 11 is 0. The molecule has 2 N–H and O–H groups in total. The van der Waals surface area contributed by atoms with Crippen LogP contribution in [-0.4, -0.2) is 12.4 Å². The molecular weight excluding hydrogens is 181 g/mol. The van der Waals surface area contributed by atoms with Crippen LogP contribution in [0, 0.1) is 0 Å². The van der Waals surface area contributed by atoms with E-state index in [9.17, 15) is 0 Å². The van der Waals surface area contributed by atoms with Gasteiger partial charge in [-0.1, -0.05) is 18.2 Å². The second kappa shape index (κ2) is 4.35. The third-order valence-corrected chi connectivity index (χ3v) is 2.64. The van der Waals surface area contributed by atoms with Crippen LogP contribution in [0.4, 0.5) is 5.69 Å². The van der Waals surface area contributed by atoms with Crippen LogP contribution >= 0.6 is 8.88 Å². The Hall–Kier alpha value is -0.920. The van der Waals surface area contributed by atoms with Gasteiger partial charge in [-0.3, -0.25) is 5.09 Å². The topological polar surface area (TPSA) is 36.4 Å². The fourth-order valence-electron chi connectivity index (χ4n) is 1.16.